The summed E-state index contributed by atoms with van der Waals surface area (Å²) in [7, 11) is 1.59. The van der Waals surface area contributed by atoms with Crippen molar-refractivity contribution in [2.24, 2.45) is 11.8 Å². The molecule has 2 aromatic carbocycles. The Bertz CT molecular complexity index is 997. The van der Waals surface area contributed by atoms with Crippen LogP contribution in [0.5, 0.6) is 17.2 Å². The van der Waals surface area contributed by atoms with E-state index in [1.807, 2.05) is 38.1 Å². The average molecular weight is 431 g/mol. The molecule has 0 radical (unpaired) electrons. The molecule has 7 heteroatoms. The molecule has 30 heavy (non-hydrogen) atoms. The quantitative estimate of drug-likeness (QED) is 0.716. The van der Waals surface area contributed by atoms with Crippen molar-refractivity contribution in [1.82, 2.24) is 0 Å². The van der Waals surface area contributed by atoms with Crippen LogP contribution in [0.1, 0.15) is 25.0 Å². The van der Waals surface area contributed by atoms with E-state index in [0.717, 1.165) is 16.9 Å². The van der Waals surface area contributed by atoms with Gasteiger partial charge >= 0.3 is 5.97 Å². The van der Waals surface area contributed by atoms with Gasteiger partial charge in [0.1, 0.15) is 17.1 Å². The van der Waals surface area contributed by atoms with E-state index in [4.69, 9.17) is 30.5 Å². The van der Waals surface area contributed by atoms with Crippen LogP contribution >= 0.6 is 11.6 Å². The molecule has 0 saturated carbocycles. The molecule has 158 valence electrons. The van der Waals surface area contributed by atoms with Gasteiger partial charge in [-0.25, -0.2) is 0 Å². The van der Waals surface area contributed by atoms with Crippen LogP contribution in [0.25, 0.3) is 6.08 Å². The number of hydrogen-bond acceptors (Lipinski definition) is 6. The molecule has 1 N–H and O–H groups in total. The molecule has 1 saturated heterocycles. The molecule has 4 rings (SSSR count). The van der Waals surface area contributed by atoms with E-state index in [1.54, 1.807) is 25.3 Å². The average Bonchev–Trinajstić information content (AvgIpc) is 3.28. The van der Waals surface area contributed by atoms with Crippen molar-refractivity contribution in [3.05, 3.63) is 58.3 Å². The van der Waals surface area contributed by atoms with E-state index in [-0.39, 0.29) is 24.9 Å². The van der Waals surface area contributed by atoms with E-state index in [2.05, 4.69) is 0 Å². The van der Waals surface area contributed by atoms with E-state index in [1.165, 1.54) is 0 Å². The summed E-state index contributed by atoms with van der Waals surface area (Å²) in [6.07, 6.45) is 1.95. The number of halogens is 1. The third-order valence-electron chi connectivity index (χ3n) is 5.64. The fourth-order valence-corrected chi connectivity index (χ4v) is 4.20. The summed E-state index contributed by atoms with van der Waals surface area (Å²) in [5.74, 6) is 0.474. The van der Waals surface area contributed by atoms with Crippen LogP contribution in [0.2, 0.25) is 5.02 Å². The molecule has 0 bridgehead atoms. The van der Waals surface area contributed by atoms with Crippen molar-refractivity contribution >= 4 is 23.6 Å². The highest BCUT2D eigenvalue weighted by Crippen LogP contribution is 2.46. The summed E-state index contributed by atoms with van der Waals surface area (Å²) in [5, 5.41) is 12.0. The number of ether oxygens (including phenoxy) is 4. The smallest absolute Gasteiger partial charge is 0.317 e. The Hall–Kier alpha value is -2.70. The number of methoxy groups -OCH3 is 1. The Kier molecular flexibility index (Phi) is 5.38. The summed E-state index contributed by atoms with van der Waals surface area (Å²) in [6, 6.07) is 10.8. The molecule has 0 aliphatic carbocycles. The first kappa shape index (κ1) is 20.6. The molecule has 6 nitrogen and oxygen atoms in total. The van der Waals surface area contributed by atoms with Gasteiger partial charge in [-0.3, -0.25) is 4.79 Å². The Morgan fingerprint density at radius 2 is 2.00 bits per heavy atom. The van der Waals surface area contributed by atoms with Crippen LogP contribution in [0, 0.1) is 11.8 Å². The zero-order valence-electron chi connectivity index (χ0n) is 17.0. The van der Waals surface area contributed by atoms with Crippen molar-refractivity contribution in [3.63, 3.8) is 0 Å². The maximum absolute atomic E-state index is 12.8. The third-order valence-corrected chi connectivity index (χ3v) is 5.92. The Morgan fingerprint density at radius 1 is 1.27 bits per heavy atom. The number of cyclic esters (lactones) is 1. The molecule has 0 amide bonds. The second-order valence-electron chi connectivity index (χ2n) is 7.75. The number of rotatable bonds is 5. The molecule has 2 aromatic rings. The molecule has 0 spiro atoms. The van der Waals surface area contributed by atoms with E-state index in [0.29, 0.717) is 16.5 Å². The van der Waals surface area contributed by atoms with Gasteiger partial charge in [0.15, 0.2) is 11.5 Å². The summed E-state index contributed by atoms with van der Waals surface area (Å²) in [6.45, 7) is 3.83. The van der Waals surface area contributed by atoms with Crippen LogP contribution in [0.4, 0.5) is 0 Å². The van der Waals surface area contributed by atoms with E-state index in [9.17, 15) is 9.90 Å². The van der Waals surface area contributed by atoms with Gasteiger partial charge in [0.05, 0.1) is 18.1 Å². The topological polar surface area (TPSA) is 74.2 Å². The number of benzene rings is 2. The largest absolute Gasteiger partial charge is 0.497 e. The van der Waals surface area contributed by atoms with E-state index >= 15 is 0 Å². The Labute approximate surface area is 180 Å². The predicted molar refractivity (Wildman–Crippen MR) is 112 cm³/mol. The fraction of sp³-hybridized carbons (Fsp3) is 0.348. The minimum Gasteiger partial charge on any atom is -0.497 e. The van der Waals surface area contributed by atoms with Crippen LogP contribution in [0.3, 0.4) is 0 Å². The normalized spacial score (nSPS) is 23.9. The molecule has 2 atom stereocenters. The van der Waals surface area contributed by atoms with Gasteiger partial charge in [0.25, 0.3) is 0 Å². The fourth-order valence-electron chi connectivity index (χ4n) is 3.91. The second kappa shape index (κ2) is 7.85. The van der Waals surface area contributed by atoms with Crippen molar-refractivity contribution < 1.29 is 28.8 Å². The Balaban J connectivity index is 1.67. The number of aliphatic hydroxyl groups is 1. The first-order chi connectivity index (χ1) is 14.3. The number of carbonyl (C=O) groups is 1. The highest BCUT2D eigenvalue weighted by atomic mass is 35.5. The minimum absolute atomic E-state index is 0.106. The van der Waals surface area contributed by atoms with Gasteiger partial charge in [0, 0.05) is 0 Å². The summed E-state index contributed by atoms with van der Waals surface area (Å²) in [4.78, 5) is 12.8. The van der Waals surface area contributed by atoms with E-state index < -0.39 is 17.5 Å². The van der Waals surface area contributed by atoms with Gasteiger partial charge in [-0.15, -0.1) is 0 Å². The van der Waals surface area contributed by atoms with Gasteiger partial charge in [-0.1, -0.05) is 37.6 Å². The highest BCUT2D eigenvalue weighted by molar-refractivity contribution is 6.32. The zero-order chi connectivity index (χ0) is 21.5. The number of carbonyl (C=O) groups excluding carboxylic acids is 1. The zero-order valence-corrected chi connectivity index (χ0v) is 17.7. The standard InChI is InChI=1S/C23H23ClO6/c1-13(2)23(26)17(8-15-9-18(24)21-19(10-15)28-12-29-21)22(25)30-20(23)11-14-4-6-16(27-3)7-5-14/h4-7,9-11,13,17,26H,8,12H2,1-3H3. The van der Waals surface area contributed by atoms with Gasteiger partial charge in [-0.2, -0.15) is 0 Å². The Morgan fingerprint density at radius 3 is 2.67 bits per heavy atom. The van der Waals surface area contributed by atoms with Crippen LogP contribution in [0.15, 0.2) is 42.2 Å². The second-order valence-corrected chi connectivity index (χ2v) is 8.16. The lowest BCUT2D eigenvalue weighted by atomic mass is 9.75. The number of fused-ring (bicyclic) bond motifs is 1. The van der Waals surface area contributed by atoms with Crippen molar-refractivity contribution in [2.45, 2.75) is 25.9 Å². The van der Waals surface area contributed by atoms with Gasteiger partial charge in [-0.05, 0) is 53.8 Å². The summed E-state index contributed by atoms with van der Waals surface area (Å²) in [5.41, 5.74) is 0.0975. The van der Waals surface area contributed by atoms with Crippen molar-refractivity contribution in [3.8, 4) is 17.2 Å². The van der Waals surface area contributed by atoms with Crippen LogP contribution in [-0.4, -0.2) is 30.6 Å². The summed E-state index contributed by atoms with van der Waals surface area (Å²) >= 11 is 6.29. The molecule has 2 heterocycles. The lowest BCUT2D eigenvalue weighted by molar-refractivity contribution is -0.140. The maximum Gasteiger partial charge on any atom is 0.317 e. The SMILES string of the molecule is COc1ccc(C=C2OC(=O)C(Cc3cc(Cl)c4c(c3)OCO4)C2(O)C(C)C)cc1. The molecule has 0 aromatic heterocycles. The van der Waals surface area contributed by atoms with Crippen molar-refractivity contribution in [2.75, 3.05) is 13.9 Å². The number of esters is 1. The minimum atomic E-state index is -1.46. The number of hydrogen-bond donors (Lipinski definition) is 1. The molecule has 1 fully saturated rings. The highest BCUT2D eigenvalue weighted by Gasteiger charge is 2.55. The van der Waals surface area contributed by atoms with Gasteiger partial charge < -0.3 is 24.1 Å². The van der Waals surface area contributed by atoms with Gasteiger partial charge in [0.2, 0.25) is 6.79 Å². The van der Waals surface area contributed by atoms with Crippen LogP contribution in [-0.2, 0) is 16.0 Å². The molecule has 2 aliphatic heterocycles. The van der Waals surface area contributed by atoms with Crippen LogP contribution < -0.4 is 14.2 Å². The third kappa shape index (κ3) is 3.50. The molecular formula is C23H23ClO6. The molecule has 2 unspecified atom stereocenters. The molecular weight excluding hydrogens is 408 g/mol. The predicted octanol–water partition coefficient (Wildman–Crippen LogP) is 4.22. The maximum atomic E-state index is 12.8. The monoisotopic (exact) mass is 430 g/mol. The van der Waals surface area contributed by atoms with Crippen molar-refractivity contribution in [1.29, 1.82) is 0 Å². The lowest BCUT2D eigenvalue weighted by Crippen LogP contribution is -2.43. The molecule has 2 aliphatic rings. The first-order valence-corrected chi connectivity index (χ1v) is 10.1. The summed E-state index contributed by atoms with van der Waals surface area (Å²) < 4.78 is 21.5. The lowest BCUT2D eigenvalue weighted by Gasteiger charge is -2.31. The first-order valence-electron chi connectivity index (χ1n) is 9.71.